The molecule has 0 rings (SSSR count). The summed E-state index contributed by atoms with van der Waals surface area (Å²) in [5.41, 5.74) is 0.335. The Bertz CT molecular complexity index is 249. The maximum absolute atomic E-state index is 10.7. The van der Waals surface area contributed by atoms with Crippen LogP contribution in [0.3, 0.4) is 0 Å². The lowest BCUT2D eigenvalue weighted by Gasteiger charge is -1.98. The summed E-state index contributed by atoms with van der Waals surface area (Å²) < 4.78 is 4.63. The van der Waals surface area contributed by atoms with Crippen molar-refractivity contribution in [3.05, 3.63) is 24.4 Å². The number of hydrogen-bond donors (Lipinski definition) is 0. The molecular formula is C8H9NO3. The lowest BCUT2D eigenvalue weighted by molar-refractivity contribution is -0.137. The van der Waals surface area contributed by atoms with Crippen LogP contribution in [0.4, 0.5) is 0 Å². The number of carbonyl (C=O) groups excluding carboxylic acids is 2. The summed E-state index contributed by atoms with van der Waals surface area (Å²) in [7, 11) is 0. The molecule has 0 amide bonds. The smallest absolute Gasteiger partial charge is 0.333 e. The highest BCUT2D eigenvalue weighted by Crippen LogP contribution is 1.91. The normalized spacial score (nSPS) is 9.08. The Morgan fingerprint density at radius 1 is 1.75 bits per heavy atom. The summed E-state index contributed by atoms with van der Waals surface area (Å²) in [6.07, 6.45) is 3.94. The van der Waals surface area contributed by atoms with Crippen LogP contribution in [0.2, 0.25) is 0 Å². The number of carbonyl (C=O) groups is 1. The fourth-order valence-electron chi connectivity index (χ4n) is 0.373. The van der Waals surface area contributed by atoms with Crippen molar-refractivity contribution in [2.24, 2.45) is 4.99 Å². The van der Waals surface area contributed by atoms with Crippen molar-refractivity contribution in [3.63, 3.8) is 0 Å². The number of esters is 1. The molecule has 4 nitrogen and oxygen atoms in total. The molecule has 12 heavy (non-hydrogen) atoms. The van der Waals surface area contributed by atoms with Gasteiger partial charge in [-0.1, -0.05) is 6.58 Å². The molecule has 0 atom stereocenters. The molecule has 0 aromatic rings. The molecule has 0 aliphatic rings. The Hall–Kier alpha value is -1.67. The van der Waals surface area contributed by atoms with Gasteiger partial charge in [-0.05, 0) is 13.0 Å². The van der Waals surface area contributed by atoms with Crippen molar-refractivity contribution >= 4 is 12.0 Å². The fraction of sp³-hybridized carbons (Fsp3) is 0.250. The Labute approximate surface area is 70.2 Å². The minimum absolute atomic E-state index is 0.0802. The van der Waals surface area contributed by atoms with Crippen LogP contribution in [0.25, 0.3) is 0 Å². The van der Waals surface area contributed by atoms with Crippen molar-refractivity contribution in [2.75, 3.05) is 6.61 Å². The summed E-state index contributed by atoms with van der Waals surface area (Å²) in [6, 6.07) is 0. The summed E-state index contributed by atoms with van der Waals surface area (Å²) in [6.45, 7) is 5.02. The van der Waals surface area contributed by atoms with Crippen LogP contribution in [-0.2, 0) is 14.3 Å². The Kier molecular flexibility index (Phi) is 5.22. The van der Waals surface area contributed by atoms with Crippen LogP contribution >= 0.6 is 0 Å². The third-order valence-electron chi connectivity index (χ3n) is 0.892. The van der Waals surface area contributed by atoms with E-state index in [-0.39, 0.29) is 6.61 Å². The van der Waals surface area contributed by atoms with Gasteiger partial charge in [-0.3, -0.25) is 0 Å². The third kappa shape index (κ3) is 5.14. The first kappa shape index (κ1) is 10.3. The minimum atomic E-state index is -0.463. The van der Waals surface area contributed by atoms with Gasteiger partial charge in [0.1, 0.15) is 6.61 Å². The van der Waals surface area contributed by atoms with Gasteiger partial charge in [-0.15, -0.1) is 0 Å². The number of hydrogen-bond acceptors (Lipinski definition) is 4. The highest BCUT2D eigenvalue weighted by atomic mass is 16.5. The monoisotopic (exact) mass is 167 g/mol. The van der Waals surface area contributed by atoms with E-state index in [1.54, 1.807) is 6.92 Å². The van der Waals surface area contributed by atoms with Gasteiger partial charge < -0.3 is 4.74 Å². The molecule has 0 heterocycles. The average molecular weight is 167 g/mol. The molecule has 0 fully saturated rings. The van der Waals surface area contributed by atoms with Crippen LogP contribution in [0, 0.1) is 0 Å². The number of nitrogens with zero attached hydrogens (tertiary/aromatic N) is 1. The topological polar surface area (TPSA) is 55.7 Å². The van der Waals surface area contributed by atoms with E-state index in [1.807, 2.05) is 0 Å². The minimum Gasteiger partial charge on any atom is -0.458 e. The molecule has 0 saturated heterocycles. The second-order valence-corrected chi connectivity index (χ2v) is 1.98. The van der Waals surface area contributed by atoms with Gasteiger partial charge >= 0.3 is 5.97 Å². The second kappa shape index (κ2) is 6.07. The predicted octanol–water partition coefficient (Wildman–Crippen LogP) is 0.955. The zero-order valence-electron chi connectivity index (χ0n) is 6.74. The van der Waals surface area contributed by atoms with Gasteiger partial charge in [0.15, 0.2) is 0 Å². The molecule has 0 bridgehead atoms. The number of aliphatic imine (C=N–C) groups is 1. The predicted molar refractivity (Wildman–Crippen MR) is 43.0 cm³/mol. The summed E-state index contributed by atoms with van der Waals surface area (Å²) in [5, 5.41) is 0. The molecule has 0 aromatic carbocycles. The molecule has 0 saturated carbocycles. The first-order valence-corrected chi connectivity index (χ1v) is 3.23. The molecule has 4 heteroatoms. The number of isocyanates is 1. The fourth-order valence-corrected chi connectivity index (χ4v) is 0.373. The van der Waals surface area contributed by atoms with Crippen LogP contribution in [0.1, 0.15) is 6.92 Å². The third-order valence-corrected chi connectivity index (χ3v) is 0.892. The van der Waals surface area contributed by atoms with Gasteiger partial charge in [-0.2, -0.15) is 4.99 Å². The standard InChI is InChI=1S/C8H9NO3/c1-7(2)8(11)12-5-3-4-9-6-10/h3-4H,1,5H2,2H3. The van der Waals surface area contributed by atoms with Gasteiger partial charge in [0, 0.05) is 11.8 Å². The quantitative estimate of drug-likeness (QED) is 0.271. The molecule has 64 valence electrons. The van der Waals surface area contributed by atoms with E-state index < -0.39 is 5.97 Å². The maximum Gasteiger partial charge on any atom is 0.333 e. The Morgan fingerprint density at radius 3 is 2.92 bits per heavy atom. The highest BCUT2D eigenvalue weighted by Gasteiger charge is 1.99. The average Bonchev–Trinajstić information content (AvgIpc) is 2.03. The molecule has 0 radical (unpaired) electrons. The van der Waals surface area contributed by atoms with Gasteiger partial charge in [0.05, 0.1) is 0 Å². The first-order chi connectivity index (χ1) is 5.68. The zero-order chi connectivity index (χ0) is 9.40. The zero-order valence-corrected chi connectivity index (χ0v) is 6.74. The van der Waals surface area contributed by atoms with Crippen molar-refractivity contribution in [3.8, 4) is 0 Å². The molecule has 0 aromatic heterocycles. The molecular weight excluding hydrogens is 158 g/mol. The summed E-state index contributed by atoms with van der Waals surface area (Å²) in [5.74, 6) is -0.463. The van der Waals surface area contributed by atoms with E-state index in [1.165, 1.54) is 18.4 Å². The largest absolute Gasteiger partial charge is 0.458 e. The van der Waals surface area contributed by atoms with E-state index in [4.69, 9.17) is 0 Å². The molecule has 0 unspecified atom stereocenters. The van der Waals surface area contributed by atoms with Crippen molar-refractivity contribution < 1.29 is 14.3 Å². The Balaban J connectivity index is 3.63. The van der Waals surface area contributed by atoms with Crippen LogP contribution < -0.4 is 0 Å². The summed E-state index contributed by atoms with van der Waals surface area (Å²) in [4.78, 5) is 23.4. The maximum atomic E-state index is 10.7. The first-order valence-electron chi connectivity index (χ1n) is 3.23. The lowest BCUT2D eigenvalue weighted by Crippen LogP contribution is -2.04. The van der Waals surface area contributed by atoms with Gasteiger partial charge in [0.25, 0.3) is 0 Å². The SMILES string of the molecule is C=C(C)C(=O)OCC=CN=C=O. The molecule has 0 aliphatic carbocycles. The van der Waals surface area contributed by atoms with Gasteiger partial charge in [-0.25, -0.2) is 9.59 Å². The van der Waals surface area contributed by atoms with Crippen LogP contribution in [-0.4, -0.2) is 18.7 Å². The highest BCUT2D eigenvalue weighted by molar-refractivity contribution is 5.86. The Morgan fingerprint density at radius 2 is 2.42 bits per heavy atom. The molecule has 0 spiro atoms. The lowest BCUT2D eigenvalue weighted by atomic mass is 10.4. The van der Waals surface area contributed by atoms with E-state index >= 15 is 0 Å². The summed E-state index contributed by atoms with van der Waals surface area (Å²) >= 11 is 0. The second-order valence-electron chi connectivity index (χ2n) is 1.98. The van der Waals surface area contributed by atoms with E-state index in [0.29, 0.717) is 5.57 Å². The van der Waals surface area contributed by atoms with Crippen LogP contribution in [0.15, 0.2) is 29.4 Å². The molecule has 0 N–H and O–H groups in total. The van der Waals surface area contributed by atoms with E-state index in [0.717, 1.165) is 0 Å². The van der Waals surface area contributed by atoms with E-state index in [9.17, 15) is 9.59 Å². The number of rotatable bonds is 4. The van der Waals surface area contributed by atoms with Crippen molar-refractivity contribution in [2.45, 2.75) is 6.92 Å². The number of ether oxygens (including phenoxy) is 1. The molecule has 0 aliphatic heterocycles. The van der Waals surface area contributed by atoms with E-state index in [2.05, 4.69) is 16.3 Å². The van der Waals surface area contributed by atoms with Crippen molar-refractivity contribution in [1.82, 2.24) is 0 Å². The van der Waals surface area contributed by atoms with Gasteiger partial charge in [0.2, 0.25) is 6.08 Å². The van der Waals surface area contributed by atoms with Crippen molar-refractivity contribution in [1.29, 1.82) is 0 Å². The van der Waals surface area contributed by atoms with Crippen LogP contribution in [0.5, 0.6) is 0 Å².